The zero-order valence-electron chi connectivity index (χ0n) is 11.1. The Balaban J connectivity index is 2.31. The normalized spacial score (nSPS) is 17.9. The lowest BCUT2D eigenvalue weighted by atomic mass is 10.1. The van der Waals surface area contributed by atoms with Crippen LogP contribution in [0.2, 0.25) is 5.02 Å². The lowest BCUT2D eigenvalue weighted by Gasteiger charge is -2.37. The van der Waals surface area contributed by atoms with Gasteiger partial charge in [-0.1, -0.05) is 11.6 Å². The molecule has 3 N–H and O–H groups in total. The van der Waals surface area contributed by atoms with Crippen LogP contribution in [-0.4, -0.2) is 49.9 Å². The number of rotatable bonds is 5. The first-order valence-corrected chi connectivity index (χ1v) is 6.53. The fraction of sp³-hybridized carbons (Fsp3) is 0.538. The van der Waals surface area contributed by atoms with E-state index in [1.165, 1.54) is 0 Å². The van der Waals surface area contributed by atoms with Crippen LogP contribution in [0.25, 0.3) is 0 Å². The van der Waals surface area contributed by atoms with Gasteiger partial charge in [0.25, 0.3) is 0 Å². The summed E-state index contributed by atoms with van der Waals surface area (Å²) in [6.07, 6.45) is -0.718. The second-order valence-corrected chi connectivity index (χ2v) is 5.18. The van der Waals surface area contributed by atoms with Crippen molar-refractivity contribution in [1.82, 2.24) is 4.90 Å². The Morgan fingerprint density at radius 2 is 2.21 bits per heavy atom. The van der Waals surface area contributed by atoms with Gasteiger partial charge in [0.05, 0.1) is 13.2 Å². The molecule has 1 aromatic rings. The van der Waals surface area contributed by atoms with Crippen molar-refractivity contribution in [2.24, 2.45) is 5.73 Å². The fourth-order valence-corrected chi connectivity index (χ4v) is 2.34. The van der Waals surface area contributed by atoms with Crippen molar-refractivity contribution in [2.45, 2.75) is 12.2 Å². The minimum atomic E-state index is -0.819. The number of likely N-dealkylation sites (N-methyl/N-ethyl adjacent to an activating group) is 1. The van der Waals surface area contributed by atoms with Crippen LogP contribution in [0.3, 0.4) is 0 Å². The van der Waals surface area contributed by atoms with Crippen LogP contribution in [0.15, 0.2) is 12.1 Å². The standard InChI is InChI=1S/C13H19ClN2O3/c1-16-6-9(7-16)19-13-10(11(17)5-15)3-8(14)4-12(13)18-2/h3-4,9,11,17H,5-7,15H2,1-2H3. The number of benzene rings is 1. The molecule has 0 saturated carbocycles. The SMILES string of the molecule is COc1cc(Cl)cc(C(O)CN)c1OC1CN(C)C1. The molecule has 0 bridgehead atoms. The maximum absolute atomic E-state index is 9.98. The molecule has 1 aromatic carbocycles. The van der Waals surface area contributed by atoms with Crippen molar-refractivity contribution in [2.75, 3.05) is 33.8 Å². The highest BCUT2D eigenvalue weighted by molar-refractivity contribution is 6.30. The molecule has 5 nitrogen and oxygen atoms in total. The van der Waals surface area contributed by atoms with E-state index in [2.05, 4.69) is 4.90 Å². The number of ether oxygens (including phenoxy) is 2. The zero-order chi connectivity index (χ0) is 14.0. The average molecular weight is 287 g/mol. The largest absolute Gasteiger partial charge is 0.493 e. The Morgan fingerprint density at radius 1 is 1.53 bits per heavy atom. The smallest absolute Gasteiger partial charge is 0.167 e. The monoisotopic (exact) mass is 286 g/mol. The van der Waals surface area contributed by atoms with E-state index in [0.717, 1.165) is 13.1 Å². The summed E-state index contributed by atoms with van der Waals surface area (Å²) >= 11 is 6.01. The van der Waals surface area contributed by atoms with Gasteiger partial charge in [0.2, 0.25) is 0 Å². The maximum Gasteiger partial charge on any atom is 0.167 e. The van der Waals surface area contributed by atoms with Gasteiger partial charge in [0.1, 0.15) is 6.10 Å². The highest BCUT2D eigenvalue weighted by Crippen LogP contribution is 2.39. The summed E-state index contributed by atoms with van der Waals surface area (Å²) in [5.74, 6) is 1.05. The van der Waals surface area contributed by atoms with Gasteiger partial charge >= 0.3 is 0 Å². The van der Waals surface area contributed by atoms with Gasteiger partial charge in [-0.3, -0.25) is 4.90 Å². The Kier molecular flexibility index (Phi) is 4.52. The second kappa shape index (κ2) is 5.96. The van der Waals surface area contributed by atoms with Crippen molar-refractivity contribution in [3.63, 3.8) is 0 Å². The maximum atomic E-state index is 9.98. The summed E-state index contributed by atoms with van der Waals surface area (Å²) in [7, 11) is 3.57. The van der Waals surface area contributed by atoms with Crippen LogP contribution in [-0.2, 0) is 0 Å². The third kappa shape index (κ3) is 3.12. The number of hydrogen-bond acceptors (Lipinski definition) is 5. The Morgan fingerprint density at radius 3 is 2.74 bits per heavy atom. The molecule has 19 heavy (non-hydrogen) atoms. The number of methoxy groups -OCH3 is 1. The summed E-state index contributed by atoms with van der Waals surface area (Å²) in [5, 5.41) is 10.5. The number of nitrogens with two attached hydrogens (primary N) is 1. The van der Waals surface area contributed by atoms with E-state index in [-0.39, 0.29) is 12.6 Å². The van der Waals surface area contributed by atoms with Crippen LogP contribution < -0.4 is 15.2 Å². The lowest BCUT2D eigenvalue weighted by Crippen LogP contribution is -2.51. The molecule has 6 heteroatoms. The van der Waals surface area contributed by atoms with Gasteiger partial charge in [-0.15, -0.1) is 0 Å². The van der Waals surface area contributed by atoms with E-state index in [0.29, 0.717) is 22.1 Å². The van der Waals surface area contributed by atoms with E-state index in [1.807, 2.05) is 7.05 Å². The van der Waals surface area contributed by atoms with Crippen molar-refractivity contribution < 1.29 is 14.6 Å². The average Bonchev–Trinajstić information content (AvgIpc) is 2.37. The molecule has 2 rings (SSSR count). The molecular weight excluding hydrogens is 268 g/mol. The summed E-state index contributed by atoms with van der Waals surface area (Å²) in [4.78, 5) is 2.14. The van der Waals surface area contributed by atoms with Gasteiger partial charge in [-0.2, -0.15) is 0 Å². The number of halogens is 1. The summed E-state index contributed by atoms with van der Waals surface area (Å²) in [6.45, 7) is 1.80. The van der Waals surface area contributed by atoms with Crippen LogP contribution >= 0.6 is 11.6 Å². The van der Waals surface area contributed by atoms with Gasteiger partial charge in [0.15, 0.2) is 11.5 Å². The second-order valence-electron chi connectivity index (χ2n) is 4.74. The quantitative estimate of drug-likeness (QED) is 0.846. The first-order valence-electron chi connectivity index (χ1n) is 6.16. The van der Waals surface area contributed by atoms with E-state index in [1.54, 1.807) is 19.2 Å². The molecule has 1 heterocycles. The van der Waals surface area contributed by atoms with Crippen LogP contribution in [0, 0.1) is 0 Å². The first kappa shape index (κ1) is 14.4. The molecule has 0 aromatic heterocycles. The molecule has 1 aliphatic heterocycles. The molecule has 1 aliphatic rings. The van der Waals surface area contributed by atoms with E-state index < -0.39 is 6.10 Å². The van der Waals surface area contributed by atoms with E-state index >= 15 is 0 Å². The summed E-state index contributed by atoms with van der Waals surface area (Å²) in [5.41, 5.74) is 6.09. The topological polar surface area (TPSA) is 68.0 Å². The van der Waals surface area contributed by atoms with Crippen molar-refractivity contribution >= 4 is 11.6 Å². The van der Waals surface area contributed by atoms with Crippen LogP contribution in [0.5, 0.6) is 11.5 Å². The summed E-state index contributed by atoms with van der Waals surface area (Å²) in [6, 6.07) is 3.34. The minimum Gasteiger partial charge on any atom is -0.493 e. The number of aliphatic hydroxyl groups excluding tert-OH is 1. The zero-order valence-corrected chi connectivity index (χ0v) is 11.9. The minimum absolute atomic E-state index is 0.101. The van der Waals surface area contributed by atoms with E-state index in [9.17, 15) is 5.11 Å². The molecule has 1 fully saturated rings. The molecule has 1 unspecified atom stereocenters. The molecule has 1 saturated heterocycles. The van der Waals surface area contributed by atoms with Gasteiger partial charge in [-0.05, 0) is 13.1 Å². The highest BCUT2D eigenvalue weighted by Gasteiger charge is 2.28. The van der Waals surface area contributed by atoms with E-state index in [4.69, 9.17) is 26.8 Å². The fourth-order valence-electron chi connectivity index (χ4n) is 2.12. The lowest BCUT2D eigenvalue weighted by molar-refractivity contribution is 0.0341. The number of likely N-dealkylation sites (tertiary alicyclic amines) is 1. The Bertz CT molecular complexity index is 450. The highest BCUT2D eigenvalue weighted by atomic mass is 35.5. The Hall–Kier alpha value is -1.01. The predicted molar refractivity (Wildman–Crippen MR) is 73.9 cm³/mol. The van der Waals surface area contributed by atoms with Crippen LogP contribution in [0.1, 0.15) is 11.7 Å². The summed E-state index contributed by atoms with van der Waals surface area (Å²) < 4.78 is 11.2. The molecule has 1 atom stereocenters. The number of nitrogens with zero attached hydrogens (tertiary/aromatic N) is 1. The molecule has 0 aliphatic carbocycles. The molecule has 0 spiro atoms. The van der Waals surface area contributed by atoms with Crippen LogP contribution in [0.4, 0.5) is 0 Å². The number of aliphatic hydroxyl groups is 1. The van der Waals surface area contributed by atoms with Gasteiger partial charge < -0.3 is 20.3 Å². The van der Waals surface area contributed by atoms with Gasteiger partial charge in [0, 0.05) is 36.3 Å². The molecule has 106 valence electrons. The molecule has 0 radical (unpaired) electrons. The molecular formula is C13H19ClN2O3. The third-order valence-electron chi connectivity index (χ3n) is 3.17. The third-order valence-corrected chi connectivity index (χ3v) is 3.38. The van der Waals surface area contributed by atoms with Crippen molar-refractivity contribution in [3.05, 3.63) is 22.7 Å². The predicted octanol–water partition coefficient (Wildman–Crippen LogP) is 1.03. The van der Waals surface area contributed by atoms with Crippen molar-refractivity contribution in [3.8, 4) is 11.5 Å². The van der Waals surface area contributed by atoms with Crippen molar-refractivity contribution in [1.29, 1.82) is 0 Å². The molecule has 0 amide bonds. The number of hydrogen-bond donors (Lipinski definition) is 2. The first-order chi connectivity index (χ1) is 9.05. The Labute approximate surface area is 117 Å². The van der Waals surface area contributed by atoms with Gasteiger partial charge in [-0.25, -0.2) is 0 Å².